The molecule has 1 amide bonds. The number of nitrogens with one attached hydrogen (secondary N) is 1. The van der Waals surface area contributed by atoms with Crippen molar-refractivity contribution in [2.75, 3.05) is 20.5 Å². The van der Waals surface area contributed by atoms with Gasteiger partial charge in [-0.05, 0) is 49.4 Å². The van der Waals surface area contributed by atoms with Gasteiger partial charge in [0.2, 0.25) is 0 Å². The molecular formula is C18H21NO4S. The van der Waals surface area contributed by atoms with Crippen LogP contribution in [0.4, 0.5) is 0 Å². The maximum absolute atomic E-state index is 12.4. The molecule has 0 saturated heterocycles. The number of hydrogen-bond acceptors (Lipinski definition) is 4. The quantitative estimate of drug-likeness (QED) is 0.873. The molecule has 0 spiro atoms. The first-order chi connectivity index (χ1) is 11.5. The van der Waals surface area contributed by atoms with E-state index in [9.17, 15) is 9.00 Å². The van der Waals surface area contributed by atoms with E-state index in [-0.39, 0.29) is 11.9 Å². The highest BCUT2D eigenvalue weighted by Gasteiger charge is 2.16. The molecule has 6 heteroatoms. The first kappa shape index (κ1) is 18.0. The number of ether oxygens (including phenoxy) is 2. The van der Waals surface area contributed by atoms with Gasteiger partial charge in [0.05, 0.1) is 20.3 Å². The van der Waals surface area contributed by atoms with E-state index in [1.807, 2.05) is 19.1 Å². The molecule has 0 aliphatic carbocycles. The van der Waals surface area contributed by atoms with Crippen molar-refractivity contribution in [2.24, 2.45) is 0 Å². The van der Waals surface area contributed by atoms with Crippen molar-refractivity contribution in [3.8, 4) is 11.5 Å². The van der Waals surface area contributed by atoms with Gasteiger partial charge in [0.15, 0.2) is 0 Å². The molecule has 2 aromatic rings. The van der Waals surface area contributed by atoms with E-state index in [1.165, 1.54) is 0 Å². The Morgan fingerprint density at radius 2 is 1.75 bits per heavy atom. The Labute approximate surface area is 144 Å². The van der Waals surface area contributed by atoms with Crippen LogP contribution in [0.15, 0.2) is 47.4 Å². The number of hydrogen-bond donors (Lipinski definition) is 1. The van der Waals surface area contributed by atoms with Crippen molar-refractivity contribution in [1.82, 2.24) is 5.32 Å². The van der Waals surface area contributed by atoms with Gasteiger partial charge < -0.3 is 14.8 Å². The second-order valence-electron chi connectivity index (χ2n) is 5.28. The number of rotatable bonds is 6. The summed E-state index contributed by atoms with van der Waals surface area (Å²) in [5, 5.41) is 2.94. The zero-order valence-electron chi connectivity index (χ0n) is 14.2. The van der Waals surface area contributed by atoms with Crippen LogP contribution in [0, 0.1) is 0 Å². The van der Waals surface area contributed by atoms with Crippen molar-refractivity contribution in [1.29, 1.82) is 0 Å². The summed E-state index contributed by atoms with van der Waals surface area (Å²) < 4.78 is 22.0. The minimum Gasteiger partial charge on any atom is -0.497 e. The number of carbonyl (C=O) groups is 1. The highest BCUT2D eigenvalue weighted by molar-refractivity contribution is 7.84. The van der Waals surface area contributed by atoms with Crippen molar-refractivity contribution in [2.45, 2.75) is 17.9 Å². The van der Waals surface area contributed by atoms with Crippen LogP contribution in [0.5, 0.6) is 11.5 Å². The summed E-state index contributed by atoms with van der Waals surface area (Å²) in [6, 6.07) is 11.9. The first-order valence-electron chi connectivity index (χ1n) is 7.42. The topological polar surface area (TPSA) is 64.6 Å². The lowest BCUT2D eigenvalue weighted by molar-refractivity contribution is 0.0939. The van der Waals surface area contributed by atoms with E-state index in [1.54, 1.807) is 50.8 Å². The number of benzene rings is 2. The Hall–Kier alpha value is -2.34. The lowest BCUT2D eigenvalue weighted by Crippen LogP contribution is -2.27. The van der Waals surface area contributed by atoms with Gasteiger partial charge >= 0.3 is 0 Å². The van der Waals surface area contributed by atoms with E-state index in [4.69, 9.17) is 9.47 Å². The molecule has 0 radical (unpaired) electrons. The van der Waals surface area contributed by atoms with Crippen LogP contribution in [0.2, 0.25) is 0 Å². The Morgan fingerprint density at radius 1 is 1.08 bits per heavy atom. The molecule has 2 unspecified atom stereocenters. The van der Waals surface area contributed by atoms with E-state index < -0.39 is 10.8 Å². The largest absolute Gasteiger partial charge is 0.497 e. The Bertz CT molecular complexity index is 743. The van der Waals surface area contributed by atoms with Crippen LogP contribution < -0.4 is 14.8 Å². The van der Waals surface area contributed by atoms with Crippen LogP contribution in [-0.2, 0) is 10.8 Å². The third kappa shape index (κ3) is 4.14. The molecule has 0 aliphatic rings. The van der Waals surface area contributed by atoms with Crippen molar-refractivity contribution < 1.29 is 18.5 Å². The summed E-state index contributed by atoms with van der Waals surface area (Å²) in [6.07, 6.45) is 1.60. The average molecular weight is 347 g/mol. The maximum atomic E-state index is 12.4. The second-order valence-corrected chi connectivity index (χ2v) is 6.66. The van der Waals surface area contributed by atoms with Crippen LogP contribution in [0.3, 0.4) is 0 Å². The van der Waals surface area contributed by atoms with Crippen molar-refractivity contribution >= 4 is 16.7 Å². The predicted molar refractivity (Wildman–Crippen MR) is 94.2 cm³/mol. The first-order valence-corrected chi connectivity index (χ1v) is 8.98. The SMILES string of the molecule is COc1ccc(OC)c(C(C)NC(=O)c2ccc(S(C)=O)cc2)c1. The third-order valence-corrected chi connectivity index (χ3v) is 4.64. The zero-order valence-corrected chi connectivity index (χ0v) is 15.0. The summed E-state index contributed by atoms with van der Waals surface area (Å²) in [5.74, 6) is 1.17. The molecule has 0 aromatic heterocycles. The van der Waals surface area contributed by atoms with Crippen LogP contribution >= 0.6 is 0 Å². The smallest absolute Gasteiger partial charge is 0.251 e. The minimum atomic E-state index is -1.06. The van der Waals surface area contributed by atoms with Crippen LogP contribution in [0.25, 0.3) is 0 Å². The molecular weight excluding hydrogens is 326 g/mol. The molecule has 1 N–H and O–H groups in total. The number of methoxy groups -OCH3 is 2. The Morgan fingerprint density at radius 3 is 2.29 bits per heavy atom. The molecule has 0 saturated carbocycles. The van der Waals surface area contributed by atoms with E-state index in [0.717, 1.165) is 5.56 Å². The predicted octanol–water partition coefficient (Wildman–Crippen LogP) is 2.93. The standard InChI is InChI=1S/C18H21NO4S/c1-12(16-11-14(22-2)7-10-17(16)23-3)19-18(20)13-5-8-15(9-6-13)24(4)21/h5-12H,1-4H3,(H,19,20). The van der Waals surface area contributed by atoms with Crippen LogP contribution in [-0.4, -0.2) is 30.6 Å². The summed E-state index contributed by atoms with van der Waals surface area (Å²) in [6.45, 7) is 1.88. The van der Waals surface area contributed by atoms with Crippen molar-refractivity contribution in [3.05, 3.63) is 53.6 Å². The molecule has 2 aromatic carbocycles. The zero-order chi connectivity index (χ0) is 17.7. The van der Waals surface area contributed by atoms with E-state index in [0.29, 0.717) is 22.0 Å². The number of amides is 1. The summed E-state index contributed by atoms with van der Waals surface area (Å²) in [5.41, 5.74) is 1.34. The molecule has 0 bridgehead atoms. The molecule has 0 heterocycles. The second kappa shape index (κ2) is 7.97. The molecule has 0 fully saturated rings. The molecule has 0 aliphatic heterocycles. The fourth-order valence-corrected chi connectivity index (χ4v) is 2.85. The normalized spacial score (nSPS) is 13.0. The minimum absolute atomic E-state index is 0.208. The van der Waals surface area contributed by atoms with Gasteiger partial charge in [0.1, 0.15) is 11.5 Å². The lowest BCUT2D eigenvalue weighted by atomic mass is 10.1. The van der Waals surface area contributed by atoms with Gasteiger partial charge in [-0.15, -0.1) is 0 Å². The molecule has 128 valence electrons. The maximum Gasteiger partial charge on any atom is 0.251 e. The summed E-state index contributed by atoms with van der Waals surface area (Å²) in [7, 11) is 2.12. The molecule has 24 heavy (non-hydrogen) atoms. The summed E-state index contributed by atoms with van der Waals surface area (Å²) >= 11 is 0. The van der Waals surface area contributed by atoms with Gasteiger partial charge in [0, 0.05) is 33.1 Å². The Kier molecular flexibility index (Phi) is 5.98. The van der Waals surface area contributed by atoms with Gasteiger partial charge in [-0.1, -0.05) is 0 Å². The molecule has 2 atom stereocenters. The third-order valence-electron chi connectivity index (χ3n) is 3.70. The lowest BCUT2D eigenvalue weighted by Gasteiger charge is -2.18. The Balaban J connectivity index is 2.18. The molecule has 5 nitrogen and oxygen atoms in total. The fraction of sp³-hybridized carbons (Fsp3) is 0.278. The van der Waals surface area contributed by atoms with E-state index >= 15 is 0 Å². The van der Waals surface area contributed by atoms with Gasteiger partial charge in [-0.2, -0.15) is 0 Å². The molecule has 2 rings (SSSR count). The van der Waals surface area contributed by atoms with Crippen molar-refractivity contribution in [3.63, 3.8) is 0 Å². The highest BCUT2D eigenvalue weighted by Crippen LogP contribution is 2.29. The van der Waals surface area contributed by atoms with Gasteiger partial charge in [0.25, 0.3) is 5.91 Å². The average Bonchev–Trinajstić information content (AvgIpc) is 2.60. The van der Waals surface area contributed by atoms with E-state index in [2.05, 4.69) is 5.32 Å². The highest BCUT2D eigenvalue weighted by atomic mass is 32.2. The van der Waals surface area contributed by atoms with Crippen LogP contribution in [0.1, 0.15) is 28.9 Å². The van der Waals surface area contributed by atoms with Gasteiger partial charge in [-0.25, -0.2) is 0 Å². The number of carbonyl (C=O) groups excluding carboxylic acids is 1. The summed E-state index contributed by atoms with van der Waals surface area (Å²) in [4.78, 5) is 13.1. The fourth-order valence-electron chi connectivity index (χ4n) is 2.33. The monoisotopic (exact) mass is 347 g/mol. The van der Waals surface area contributed by atoms with Gasteiger partial charge in [-0.3, -0.25) is 9.00 Å².